The second kappa shape index (κ2) is 5.43. The van der Waals surface area contributed by atoms with Gasteiger partial charge in [0, 0.05) is 16.5 Å². The van der Waals surface area contributed by atoms with Crippen molar-refractivity contribution in [2.45, 2.75) is 56.6 Å². The highest BCUT2D eigenvalue weighted by molar-refractivity contribution is 6.30. The molecule has 0 amide bonds. The lowest BCUT2D eigenvalue weighted by molar-refractivity contribution is 0.0337. The predicted octanol–water partition coefficient (Wildman–Crippen LogP) is 3.51. The van der Waals surface area contributed by atoms with Crippen molar-refractivity contribution >= 4 is 11.6 Å². The normalized spacial score (nSPS) is 19.8. The third kappa shape index (κ3) is 3.13. The van der Waals surface area contributed by atoms with Crippen LogP contribution in [-0.4, -0.2) is 23.8 Å². The molecule has 0 heterocycles. The SMILES string of the molecule is CN[C@@H](CC(C)(C)O)C1(c2ccc(Cl)cc2)CCC1. The largest absolute Gasteiger partial charge is 0.390 e. The maximum absolute atomic E-state index is 10.1. The maximum atomic E-state index is 10.1. The Morgan fingerprint density at radius 1 is 1.32 bits per heavy atom. The van der Waals surface area contributed by atoms with Crippen molar-refractivity contribution in [1.29, 1.82) is 0 Å². The molecule has 1 aromatic rings. The number of rotatable bonds is 5. The van der Waals surface area contributed by atoms with E-state index in [0.717, 1.165) is 11.4 Å². The van der Waals surface area contributed by atoms with Gasteiger partial charge < -0.3 is 10.4 Å². The molecule has 0 unspecified atom stereocenters. The molecule has 1 aliphatic carbocycles. The molecule has 2 rings (SSSR count). The Labute approximate surface area is 121 Å². The minimum atomic E-state index is -0.650. The van der Waals surface area contributed by atoms with E-state index in [2.05, 4.69) is 17.4 Å². The van der Waals surface area contributed by atoms with Gasteiger partial charge in [0.05, 0.1) is 5.60 Å². The van der Waals surface area contributed by atoms with Gasteiger partial charge in [0.25, 0.3) is 0 Å². The van der Waals surface area contributed by atoms with E-state index in [1.807, 2.05) is 33.0 Å². The van der Waals surface area contributed by atoms with Crippen LogP contribution in [0.25, 0.3) is 0 Å². The van der Waals surface area contributed by atoms with Crippen molar-refractivity contribution in [3.8, 4) is 0 Å². The minimum Gasteiger partial charge on any atom is -0.390 e. The summed E-state index contributed by atoms with van der Waals surface area (Å²) in [4.78, 5) is 0. The number of halogens is 1. The van der Waals surface area contributed by atoms with Gasteiger partial charge in [-0.25, -0.2) is 0 Å². The highest BCUT2D eigenvalue weighted by atomic mass is 35.5. The van der Waals surface area contributed by atoms with E-state index in [-0.39, 0.29) is 5.41 Å². The Hall–Kier alpha value is -0.570. The summed E-state index contributed by atoms with van der Waals surface area (Å²) in [7, 11) is 1.99. The van der Waals surface area contributed by atoms with E-state index in [1.54, 1.807) is 0 Å². The summed E-state index contributed by atoms with van der Waals surface area (Å²) in [5.41, 5.74) is 0.842. The van der Waals surface area contributed by atoms with E-state index in [1.165, 1.54) is 24.8 Å². The first-order valence-electron chi connectivity index (χ1n) is 7.03. The van der Waals surface area contributed by atoms with Crippen LogP contribution in [0, 0.1) is 0 Å². The van der Waals surface area contributed by atoms with E-state index in [0.29, 0.717) is 6.04 Å². The van der Waals surface area contributed by atoms with Crippen LogP contribution in [0.2, 0.25) is 5.02 Å². The highest BCUT2D eigenvalue weighted by Gasteiger charge is 2.46. The van der Waals surface area contributed by atoms with E-state index in [4.69, 9.17) is 11.6 Å². The fourth-order valence-electron chi connectivity index (χ4n) is 3.25. The summed E-state index contributed by atoms with van der Waals surface area (Å²) < 4.78 is 0. The molecule has 0 saturated heterocycles. The number of benzene rings is 1. The van der Waals surface area contributed by atoms with Gasteiger partial charge in [-0.05, 0) is 57.9 Å². The topological polar surface area (TPSA) is 32.3 Å². The molecule has 1 saturated carbocycles. The monoisotopic (exact) mass is 281 g/mol. The zero-order valence-electron chi connectivity index (χ0n) is 12.0. The Morgan fingerprint density at radius 2 is 1.89 bits per heavy atom. The second-order valence-electron chi connectivity index (χ2n) is 6.37. The summed E-state index contributed by atoms with van der Waals surface area (Å²) in [5.74, 6) is 0. The fourth-order valence-corrected chi connectivity index (χ4v) is 3.38. The van der Waals surface area contributed by atoms with Crippen LogP contribution in [0.5, 0.6) is 0 Å². The Morgan fingerprint density at radius 3 is 2.26 bits per heavy atom. The average Bonchev–Trinajstić information content (AvgIpc) is 2.27. The molecular weight excluding hydrogens is 258 g/mol. The number of nitrogens with one attached hydrogen (secondary N) is 1. The quantitative estimate of drug-likeness (QED) is 0.866. The molecule has 2 N–H and O–H groups in total. The van der Waals surface area contributed by atoms with E-state index >= 15 is 0 Å². The van der Waals surface area contributed by atoms with Gasteiger partial charge in [-0.1, -0.05) is 30.2 Å². The number of hydrogen-bond donors (Lipinski definition) is 2. The molecular formula is C16H24ClNO. The minimum absolute atomic E-state index is 0.152. The van der Waals surface area contributed by atoms with Gasteiger partial charge in [0.1, 0.15) is 0 Å². The van der Waals surface area contributed by atoms with Crippen molar-refractivity contribution in [3.05, 3.63) is 34.9 Å². The molecule has 0 aliphatic heterocycles. The number of likely N-dealkylation sites (N-methyl/N-ethyl adjacent to an activating group) is 1. The van der Waals surface area contributed by atoms with Crippen LogP contribution in [0.4, 0.5) is 0 Å². The second-order valence-corrected chi connectivity index (χ2v) is 6.81. The van der Waals surface area contributed by atoms with Crippen LogP contribution in [0.3, 0.4) is 0 Å². The Bertz CT molecular complexity index is 417. The zero-order valence-corrected chi connectivity index (χ0v) is 12.8. The maximum Gasteiger partial charge on any atom is 0.0606 e. The molecule has 106 valence electrons. The van der Waals surface area contributed by atoms with Gasteiger partial charge in [-0.15, -0.1) is 0 Å². The van der Waals surface area contributed by atoms with Crippen LogP contribution in [-0.2, 0) is 5.41 Å². The summed E-state index contributed by atoms with van der Waals surface area (Å²) in [6.45, 7) is 3.76. The molecule has 1 atom stereocenters. The lowest BCUT2D eigenvalue weighted by atomic mass is 9.58. The molecule has 3 heteroatoms. The van der Waals surface area contributed by atoms with Crippen molar-refractivity contribution in [1.82, 2.24) is 5.32 Å². The third-order valence-corrected chi connectivity index (χ3v) is 4.64. The lowest BCUT2D eigenvalue weighted by Gasteiger charge is -2.49. The van der Waals surface area contributed by atoms with Crippen molar-refractivity contribution < 1.29 is 5.11 Å². The van der Waals surface area contributed by atoms with Crippen molar-refractivity contribution in [3.63, 3.8) is 0 Å². The van der Waals surface area contributed by atoms with E-state index in [9.17, 15) is 5.11 Å². The first-order chi connectivity index (χ1) is 8.87. The van der Waals surface area contributed by atoms with Gasteiger partial charge in [0.2, 0.25) is 0 Å². The first kappa shape index (κ1) is 14.8. The third-order valence-electron chi connectivity index (χ3n) is 4.38. The van der Waals surface area contributed by atoms with Gasteiger partial charge >= 0.3 is 0 Å². The van der Waals surface area contributed by atoms with E-state index < -0.39 is 5.60 Å². The van der Waals surface area contributed by atoms with Crippen molar-refractivity contribution in [2.24, 2.45) is 0 Å². The van der Waals surface area contributed by atoms with Crippen LogP contribution >= 0.6 is 11.6 Å². The molecule has 0 spiro atoms. The van der Waals surface area contributed by atoms with Crippen LogP contribution in [0.1, 0.15) is 45.1 Å². The summed E-state index contributed by atoms with van der Waals surface area (Å²) in [6.07, 6.45) is 4.37. The van der Waals surface area contributed by atoms with Crippen LogP contribution in [0.15, 0.2) is 24.3 Å². The lowest BCUT2D eigenvalue weighted by Crippen LogP contribution is -2.54. The summed E-state index contributed by atoms with van der Waals surface area (Å²) in [5, 5.41) is 14.3. The van der Waals surface area contributed by atoms with Gasteiger partial charge in [-0.3, -0.25) is 0 Å². The molecule has 0 bridgehead atoms. The molecule has 2 nitrogen and oxygen atoms in total. The van der Waals surface area contributed by atoms with Crippen molar-refractivity contribution in [2.75, 3.05) is 7.05 Å². The molecule has 0 radical (unpaired) electrons. The summed E-state index contributed by atoms with van der Waals surface area (Å²) in [6, 6.07) is 8.50. The zero-order chi connectivity index (χ0) is 14.1. The van der Waals surface area contributed by atoms with Gasteiger partial charge in [0.15, 0.2) is 0 Å². The predicted molar refractivity (Wildman–Crippen MR) is 80.7 cm³/mol. The molecule has 1 aliphatic rings. The number of aliphatic hydroxyl groups is 1. The Kier molecular flexibility index (Phi) is 4.24. The summed E-state index contributed by atoms with van der Waals surface area (Å²) >= 11 is 5.99. The standard InChI is InChI=1S/C16H24ClNO/c1-15(2,19)11-14(18-3)16(9-4-10-16)12-5-7-13(17)8-6-12/h5-8,14,18-19H,4,9-11H2,1-3H3/t14-/m0/s1. The highest BCUT2D eigenvalue weighted by Crippen LogP contribution is 2.48. The molecule has 1 fully saturated rings. The van der Waals surface area contributed by atoms with Gasteiger partial charge in [-0.2, -0.15) is 0 Å². The molecule has 0 aromatic heterocycles. The number of hydrogen-bond acceptors (Lipinski definition) is 2. The average molecular weight is 282 g/mol. The molecule has 19 heavy (non-hydrogen) atoms. The Balaban J connectivity index is 2.28. The van der Waals surface area contributed by atoms with Crippen LogP contribution < -0.4 is 5.32 Å². The smallest absolute Gasteiger partial charge is 0.0606 e. The fraction of sp³-hybridized carbons (Fsp3) is 0.625. The first-order valence-corrected chi connectivity index (χ1v) is 7.41. The molecule has 1 aromatic carbocycles.